The molecule has 1 aromatic heterocycles. The number of hydrogen-bond donors (Lipinski definition) is 0. The Morgan fingerprint density at radius 1 is 1.14 bits per heavy atom. The summed E-state index contributed by atoms with van der Waals surface area (Å²) in [5, 5.41) is 7.74. The molecule has 0 aliphatic heterocycles. The Hall–Kier alpha value is -3.42. The van der Waals surface area contributed by atoms with Crippen molar-refractivity contribution in [3.05, 3.63) is 63.6 Å². The fourth-order valence-electron chi connectivity index (χ4n) is 2.75. The molecule has 2 aromatic carbocycles. The Balaban J connectivity index is 1.86. The van der Waals surface area contributed by atoms with Gasteiger partial charge in [-0.2, -0.15) is 9.36 Å². The third-order valence-electron chi connectivity index (χ3n) is 4.30. The van der Waals surface area contributed by atoms with Gasteiger partial charge in [0.05, 0.1) is 17.7 Å². The van der Waals surface area contributed by atoms with Gasteiger partial charge in [-0.25, -0.2) is 9.79 Å². The molecule has 0 amide bonds. The molecule has 3 rings (SSSR count). The first-order chi connectivity index (χ1) is 13.4. The van der Waals surface area contributed by atoms with Crippen molar-refractivity contribution >= 4 is 12.0 Å². The van der Waals surface area contributed by atoms with Crippen molar-refractivity contribution in [2.24, 2.45) is 12.0 Å². The van der Waals surface area contributed by atoms with Crippen LogP contribution in [0.3, 0.4) is 0 Å². The molecule has 0 unspecified atom stereocenters. The van der Waals surface area contributed by atoms with E-state index in [9.17, 15) is 4.79 Å². The van der Waals surface area contributed by atoms with Gasteiger partial charge in [-0.05, 0) is 59.7 Å². The van der Waals surface area contributed by atoms with Gasteiger partial charge in [-0.15, -0.1) is 0 Å². The van der Waals surface area contributed by atoms with E-state index in [-0.39, 0.29) is 5.69 Å². The van der Waals surface area contributed by atoms with Crippen molar-refractivity contribution in [3.8, 4) is 11.4 Å². The van der Waals surface area contributed by atoms with Crippen molar-refractivity contribution in [2.75, 3.05) is 14.1 Å². The summed E-state index contributed by atoms with van der Waals surface area (Å²) in [4.78, 5) is 18.5. The minimum Gasteiger partial charge on any atom is -0.489 e. The molecular weight excluding hydrogens is 356 g/mol. The van der Waals surface area contributed by atoms with E-state index < -0.39 is 0 Å². The third kappa shape index (κ3) is 4.11. The van der Waals surface area contributed by atoms with Crippen LogP contribution in [-0.2, 0) is 13.7 Å². The van der Waals surface area contributed by atoms with Crippen LogP contribution >= 0.6 is 0 Å². The largest absolute Gasteiger partial charge is 0.489 e. The van der Waals surface area contributed by atoms with Crippen LogP contribution in [0.15, 0.2) is 46.2 Å². The third-order valence-corrected chi connectivity index (χ3v) is 4.30. The number of nitrogens with zero attached hydrogens (tertiary/aromatic N) is 6. The van der Waals surface area contributed by atoms with Gasteiger partial charge in [-0.1, -0.05) is 12.1 Å². The quantitative estimate of drug-likeness (QED) is 0.485. The Morgan fingerprint density at radius 2 is 1.93 bits per heavy atom. The first-order valence-corrected chi connectivity index (χ1v) is 8.88. The normalized spacial score (nSPS) is 11.2. The maximum atomic E-state index is 12.3. The Morgan fingerprint density at radius 3 is 2.57 bits per heavy atom. The molecule has 0 fully saturated rings. The SMILES string of the molecule is Cc1cc(/N=C/N(C)C)ccc1OCc1c(C)cccc1-n1nnn(C)c1=O. The van der Waals surface area contributed by atoms with Gasteiger partial charge in [0.25, 0.3) is 0 Å². The van der Waals surface area contributed by atoms with E-state index in [2.05, 4.69) is 15.4 Å². The molecule has 0 bridgehead atoms. The summed E-state index contributed by atoms with van der Waals surface area (Å²) in [5.41, 5.74) is 4.12. The van der Waals surface area contributed by atoms with E-state index in [1.165, 1.54) is 9.36 Å². The van der Waals surface area contributed by atoms with Gasteiger partial charge < -0.3 is 9.64 Å². The summed E-state index contributed by atoms with van der Waals surface area (Å²) in [6.45, 7) is 4.28. The summed E-state index contributed by atoms with van der Waals surface area (Å²) in [6.07, 6.45) is 1.76. The second-order valence-electron chi connectivity index (χ2n) is 6.82. The lowest BCUT2D eigenvalue weighted by Gasteiger charge is -2.14. The lowest BCUT2D eigenvalue weighted by Crippen LogP contribution is -2.23. The zero-order valence-electron chi connectivity index (χ0n) is 16.7. The van der Waals surface area contributed by atoms with Crippen LogP contribution in [0, 0.1) is 13.8 Å². The van der Waals surface area contributed by atoms with E-state index in [4.69, 9.17) is 4.74 Å². The zero-order valence-corrected chi connectivity index (χ0v) is 16.7. The van der Waals surface area contributed by atoms with Crippen molar-refractivity contribution in [1.82, 2.24) is 24.7 Å². The van der Waals surface area contributed by atoms with E-state index in [1.54, 1.807) is 13.4 Å². The second-order valence-corrected chi connectivity index (χ2v) is 6.82. The summed E-state index contributed by atoms with van der Waals surface area (Å²) in [6, 6.07) is 11.5. The summed E-state index contributed by atoms with van der Waals surface area (Å²) >= 11 is 0. The molecule has 1 heterocycles. The zero-order chi connectivity index (χ0) is 20.3. The van der Waals surface area contributed by atoms with Gasteiger partial charge >= 0.3 is 5.69 Å². The van der Waals surface area contributed by atoms with E-state index in [0.717, 1.165) is 28.1 Å². The van der Waals surface area contributed by atoms with Gasteiger partial charge in [0.15, 0.2) is 0 Å². The van der Waals surface area contributed by atoms with Gasteiger partial charge in [0, 0.05) is 26.7 Å². The first-order valence-electron chi connectivity index (χ1n) is 8.88. The van der Waals surface area contributed by atoms with Crippen LogP contribution in [-0.4, -0.2) is 45.1 Å². The summed E-state index contributed by atoms with van der Waals surface area (Å²) < 4.78 is 8.55. The number of ether oxygens (including phenoxy) is 1. The molecule has 0 atom stereocenters. The number of tetrazole rings is 1. The standard InChI is InChI=1S/C20H24N6O2/c1-14-7-6-8-18(26-20(27)25(5)22-23-26)17(14)12-28-19-10-9-16(11-15(19)2)21-13-24(3)4/h6-11,13H,12H2,1-5H3/b21-13+. The lowest BCUT2D eigenvalue weighted by atomic mass is 10.1. The van der Waals surface area contributed by atoms with E-state index in [1.807, 2.05) is 69.2 Å². The first kappa shape index (κ1) is 19.3. The number of rotatable bonds is 6. The Labute approximate surface area is 163 Å². The minimum absolute atomic E-state index is 0.300. The highest BCUT2D eigenvalue weighted by atomic mass is 16.5. The van der Waals surface area contributed by atoms with Crippen molar-refractivity contribution in [2.45, 2.75) is 20.5 Å². The fraction of sp³-hybridized carbons (Fsp3) is 0.300. The molecule has 3 aromatic rings. The van der Waals surface area contributed by atoms with Crippen LogP contribution < -0.4 is 10.4 Å². The molecule has 0 saturated carbocycles. The number of benzene rings is 2. The highest BCUT2D eigenvalue weighted by Gasteiger charge is 2.14. The summed E-state index contributed by atoms with van der Waals surface area (Å²) in [7, 11) is 5.42. The fourth-order valence-corrected chi connectivity index (χ4v) is 2.75. The number of hydrogen-bond acceptors (Lipinski definition) is 5. The maximum absolute atomic E-state index is 12.3. The van der Waals surface area contributed by atoms with Gasteiger partial charge in [0.2, 0.25) is 0 Å². The predicted octanol–water partition coefficient (Wildman–Crippen LogP) is 2.38. The Kier molecular flexibility index (Phi) is 5.58. The summed E-state index contributed by atoms with van der Waals surface area (Å²) in [5.74, 6) is 0.768. The highest BCUT2D eigenvalue weighted by Crippen LogP contribution is 2.26. The molecule has 28 heavy (non-hydrogen) atoms. The average Bonchev–Trinajstić information content (AvgIpc) is 2.99. The molecule has 0 saturated heterocycles. The second kappa shape index (κ2) is 8.08. The van der Waals surface area contributed by atoms with Crippen molar-refractivity contribution in [1.29, 1.82) is 0 Å². The molecule has 0 aliphatic carbocycles. The van der Waals surface area contributed by atoms with Gasteiger partial charge in [-0.3, -0.25) is 0 Å². The molecule has 8 heteroatoms. The highest BCUT2D eigenvalue weighted by molar-refractivity contribution is 5.61. The molecule has 0 spiro atoms. The number of aryl methyl sites for hydroxylation is 3. The molecule has 0 N–H and O–H groups in total. The monoisotopic (exact) mass is 380 g/mol. The molecule has 0 radical (unpaired) electrons. The van der Waals surface area contributed by atoms with Crippen LogP contribution in [0.1, 0.15) is 16.7 Å². The van der Waals surface area contributed by atoms with E-state index >= 15 is 0 Å². The minimum atomic E-state index is -0.300. The van der Waals surface area contributed by atoms with E-state index in [0.29, 0.717) is 12.3 Å². The topological polar surface area (TPSA) is 77.5 Å². The smallest absolute Gasteiger partial charge is 0.368 e. The maximum Gasteiger partial charge on any atom is 0.368 e. The molecule has 146 valence electrons. The van der Waals surface area contributed by atoms with Crippen molar-refractivity contribution < 1.29 is 4.74 Å². The predicted molar refractivity (Wildman–Crippen MR) is 109 cm³/mol. The van der Waals surface area contributed by atoms with Crippen LogP contribution in [0.5, 0.6) is 5.75 Å². The molecule has 8 nitrogen and oxygen atoms in total. The molecular formula is C20H24N6O2. The average molecular weight is 380 g/mol. The number of aromatic nitrogens is 4. The van der Waals surface area contributed by atoms with Gasteiger partial charge in [0.1, 0.15) is 12.4 Å². The lowest BCUT2D eigenvalue weighted by molar-refractivity contribution is 0.302. The molecule has 0 aliphatic rings. The van der Waals surface area contributed by atoms with Crippen LogP contribution in [0.25, 0.3) is 5.69 Å². The van der Waals surface area contributed by atoms with Crippen LogP contribution in [0.2, 0.25) is 0 Å². The Bertz CT molecular complexity index is 1060. The number of aliphatic imine (C=N–C) groups is 1. The van der Waals surface area contributed by atoms with Crippen molar-refractivity contribution in [3.63, 3.8) is 0 Å². The van der Waals surface area contributed by atoms with Crippen LogP contribution in [0.4, 0.5) is 5.69 Å².